The zero-order valence-electron chi connectivity index (χ0n) is 8.83. The molecule has 2 rings (SSSR count). The molecule has 5 heteroatoms. The lowest BCUT2D eigenvalue weighted by Gasteiger charge is -2.08. The summed E-state index contributed by atoms with van der Waals surface area (Å²) in [5.41, 5.74) is 1.41. The van der Waals surface area contributed by atoms with Gasteiger partial charge >= 0.3 is 0 Å². The van der Waals surface area contributed by atoms with Gasteiger partial charge in [-0.1, -0.05) is 12.1 Å². The van der Waals surface area contributed by atoms with Crippen molar-refractivity contribution in [1.29, 1.82) is 0 Å². The van der Waals surface area contributed by atoms with E-state index in [1.54, 1.807) is 0 Å². The highest BCUT2D eigenvalue weighted by atomic mass is 16.5. The molecular formula is C11H11N3O2. The first-order chi connectivity index (χ1) is 7.85. The van der Waals surface area contributed by atoms with Crippen LogP contribution in [-0.4, -0.2) is 28.1 Å². The summed E-state index contributed by atoms with van der Waals surface area (Å²) in [6.07, 6.45) is -0.0583. The van der Waals surface area contributed by atoms with Gasteiger partial charge in [-0.05, 0) is 19.1 Å². The molecule has 0 aliphatic heterocycles. The largest absolute Gasteiger partial charge is 0.363 e. The van der Waals surface area contributed by atoms with Crippen molar-refractivity contribution in [2.24, 2.45) is 0 Å². The van der Waals surface area contributed by atoms with Crippen LogP contribution in [0.1, 0.15) is 18.9 Å². The van der Waals surface area contributed by atoms with Gasteiger partial charge in [-0.2, -0.15) is 0 Å². The zero-order valence-corrected chi connectivity index (χ0v) is 8.83. The van der Waals surface area contributed by atoms with Crippen molar-refractivity contribution in [3.63, 3.8) is 0 Å². The van der Waals surface area contributed by atoms with Crippen LogP contribution in [0.3, 0.4) is 0 Å². The highest BCUT2D eigenvalue weighted by molar-refractivity contribution is 5.73. The minimum absolute atomic E-state index is 0.301. The lowest BCUT2D eigenvalue weighted by molar-refractivity contribution is -0.118. The maximum atomic E-state index is 10.8. The first-order valence-electron chi connectivity index (χ1n) is 5.01. The fourth-order valence-electron chi connectivity index (χ4n) is 1.37. The smallest absolute Gasteiger partial charge is 0.188 e. The Morgan fingerprint density at radius 2 is 2.06 bits per heavy atom. The Morgan fingerprint density at radius 3 is 2.75 bits per heavy atom. The monoisotopic (exact) mass is 217 g/mol. The third-order valence-electron chi connectivity index (χ3n) is 2.10. The molecule has 16 heavy (non-hydrogen) atoms. The molecule has 0 bridgehead atoms. The number of fused-ring (bicyclic) bond motifs is 1. The van der Waals surface area contributed by atoms with Crippen LogP contribution in [0.5, 0.6) is 0 Å². The van der Waals surface area contributed by atoms with Crippen LogP contribution < -0.4 is 0 Å². The maximum Gasteiger partial charge on any atom is 0.188 e. The van der Waals surface area contributed by atoms with Crippen LogP contribution in [0.2, 0.25) is 0 Å². The Morgan fingerprint density at radius 1 is 1.31 bits per heavy atom. The Kier molecular flexibility index (Phi) is 3.16. The number of para-hydroxylation sites is 1. The molecule has 0 radical (unpaired) electrons. The topological polar surface area (TPSA) is 65.0 Å². The van der Waals surface area contributed by atoms with Gasteiger partial charge in [0, 0.05) is 6.61 Å². The van der Waals surface area contributed by atoms with Crippen molar-refractivity contribution in [3.8, 4) is 0 Å². The summed E-state index contributed by atoms with van der Waals surface area (Å²) < 4.78 is 5.19. The summed E-state index contributed by atoms with van der Waals surface area (Å²) in [4.78, 5) is 15.0. The van der Waals surface area contributed by atoms with E-state index in [2.05, 4.69) is 15.2 Å². The Balaban J connectivity index is 2.41. The molecule has 1 aromatic heterocycles. The summed E-state index contributed by atoms with van der Waals surface area (Å²) in [5, 5.41) is 7.86. The van der Waals surface area contributed by atoms with E-state index in [0.717, 1.165) is 0 Å². The van der Waals surface area contributed by atoms with Gasteiger partial charge in [0.05, 0.1) is 5.52 Å². The molecule has 0 N–H and O–H groups in total. The van der Waals surface area contributed by atoms with Crippen LogP contribution in [-0.2, 0) is 9.53 Å². The van der Waals surface area contributed by atoms with Crippen LogP contribution in [0.15, 0.2) is 24.3 Å². The number of benzene rings is 1. The molecule has 0 saturated heterocycles. The van der Waals surface area contributed by atoms with Crippen molar-refractivity contribution in [1.82, 2.24) is 15.2 Å². The molecule has 0 amide bonds. The van der Waals surface area contributed by atoms with Gasteiger partial charge < -0.3 is 4.74 Å². The normalized spacial score (nSPS) is 12.6. The number of carbonyl (C=O) groups excluding carboxylic acids is 1. The molecular weight excluding hydrogens is 206 g/mol. The van der Waals surface area contributed by atoms with E-state index >= 15 is 0 Å². The number of rotatable bonds is 4. The van der Waals surface area contributed by atoms with E-state index < -0.39 is 6.10 Å². The van der Waals surface area contributed by atoms with Crippen LogP contribution in [0.25, 0.3) is 11.0 Å². The number of carbonyl (C=O) groups is 1. The molecule has 82 valence electrons. The highest BCUT2D eigenvalue weighted by Crippen LogP contribution is 2.13. The molecule has 1 atom stereocenters. The second-order valence-electron chi connectivity index (χ2n) is 3.17. The Bertz CT molecular complexity index is 501. The van der Waals surface area contributed by atoms with Gasteiger partial charge in [-0.3, -0.25) is 4.79 Å². The fourth-order valence-corrected chi connectivity index (χ4v) is 1.37. The van der Waals surface area contributed by atoms with Gasteiger partial charge in [-0.15, -0.1) is 10.2 Å². The second-order valence-corrected chi connectivity index (χ2v) is 3.17. The molecule has 0 spiro atoms. The van der Waals surface area contributed by atoms with Gasteiger partial charge in [-0.25, -0.2) is 4.98 Å². The number of hydrogen-bond donors (Lipinski definition) is 0. The van der Waals surface area contributed by atoms with Crippen molar-refractivity contribution < 1.29 is 9.53 Å². The van der Waals surface area contributed by atoms with E-state index in [4.69, 9.17) is 4.74 Å². The molecule has 0 saturated carbocycles. The lowest BCUT2D eigenvalue weighted by Crippen LogP contribution is -2.11. The first kappa shape index (κ1) is 10.6. The lowest BCUT2D eigenvalue weighted by atomic mass is 10.3. The predicted molar refractivity (Wildman–Crippen MR) is 57.8 cm³/mol. The molecule has 0 aliphatic rings. The Labute approximate surface area is 92.5 Å². The fraction of sp³-hybridized carbons (Fsp3) is 0.273. The van der Waals surface area contributed by atoms with Gasteiger partial charge in [0.2, 0.25) is 0 Å². The predicted octanol–water partition coefficient (Wildman–Crippen LogP) is 1.30. The summed E-state index contributed by atoms with van der Waals surface area (Å²) in [7, 11) is 0. The van der Waals surface area contributed by atoms with E-state index in [0.29, 0.717) is 29.8 Å². The molecule has 1 unspecified atom stereocenters. The number of aldehydes is 1. The minimum Gasteiger partial charge on any atom is -0.363 e. The first-order valence-corrected chi connectivity index (χ1v) is 5.01. The van der Waals surface area contributed by atoms with Crippen molar-refractivity contribution in [2.75, 3.05) is 6.61 Å². The molecule has 0 aliphatic carbocycles. The number of aromatic nitrogens is 3. The standard InChI is InChI=1S/C11H11N3O2/c1-2-16-10(7-15)11-12-8-5-3-4-6-9(8)13-14-11/h3-7,10H,2H2,1H3. The van der Waals surface area contributed by atoms with Crippen molar-refractivity contribution in [3.05, 3.63) is 30.1 Å². The third-order valence-corrected chi connectivity index (χ3v) is 2.10. The highest BCUT2D eigenvalue weighted by Gasteiger charge is 2.14. The molecule has 0 fully saturated rings. The number of nitrogens with zero attached hydrogens (tertiary/aromatic N) is 3. The van der Waals surface area contributed by atoms with E-state index in [1.807, 2.05) is 31.2 Å². The third kappa shape index (κ3) is 2.04. The Hall–Kier alpha value is -1.88. The maximum absolute atomic E-state index is 10.8. The summed E-state index contributed by atoms with van der Waals surface area (Å²) in [5.74, 6) is 0.301. The molecule has 1 aromatic carbocycles. The molecule has 2 aromatic rings. The SMILES string of the molecule is CCOC(C=O)c1nnc2ccccc2n1. The molecule has 5 nitrogen and oxygen atoms in total. The zero-order chi connectivity index (χ0) is 11.4. The van der Waals surface area contributed by atoms with Gasteiger partial charge in [0.25, 0.3) is 0 Å². The van der Waals surface area contributed by atoms with E-state index in [-0.39, 0.29) is 0 Å². The van der Waals surface area contributed by atoms with Crippen molar-refractivity contribution in [2.45, 2.75) is 13.0 Å². The van der Waals surface area contributed by atoms with Crippen LogP contribution in [0, 0.1) is 0 Å². The minimum atomic E-state index is -0.734. The number of ether oxygens (including phenoxy) is 1. The van der Waals surface area contributed by atoms with E-state index in [1.165, 1.54) is 0 Å². The quantitative estimate of drug-likeness (QED) is 0.722. The van der Waals surface area contributed by atoms with Crippen molar-refractivity contribution >= 4 is 17.3 Å². The molecule has 1 heterocycles. The number of hydrogen-bond acceptors (Lipinski definition) is 5. The van der Waals surface area contributed by atoms with Gasteiger partial charge in [0.15, 0.2) is 18.2 Å². The summed E-state index contributed by atoms with van der Waals surface area (Å²) >= 11 is 0. The summed E-state index contributed by atoms with van der Waals surface area (Å²) in [6, 6.07) is 7.35. The van der Waals surface area contributed by atoms with Gasteiger partial charge in [0.1, 0.15) is 5.52 Å². The van der Waals surface area contributed by atoms with E-state index in [9.17, 15) is 4.79 Å². The average Bonchev–Trinajstić information content (AvgIpc) is 2.35. The second kappa shape index (κ2) is 4.76. The van der Waals surface area contributed by atoms with Crippen LogP contribution >= 0.6 is 0 Å². The van der Waals surface area contributed by atoms with Crippen LogP contribution in [0.4, 0.5) is 0 Å². The average molecular weight is 217 g/mol. The summed E-state index contributed by atoms with van der Waals surface area (Å²) in [6.45, 7) is 2.24.